The SMILES string of the molecule is C=C(C)c1nccc2ccc(C)cc12. The van der Waals surface area contributed by atoms with Crippen molar-refractivity contribution in [1.82, 2.24) is 4.98 Å². The maximum absolute atomic E-state index is 4.35. The number of hydrogen-bond donors (Lipinski definition) is 0. The lowest BCUT2D eigenvalue weighted by Gasteiger charge is -2.05. The second kappa shape index (κ2) is 3.26. The molecule has 1 aromatic heterocycles. The van der Waals surface area contributed by atoms with Crippen LogP contribution in [0.1, 0.15) is 18.2 Å². The summed E-state index contributed by atoms with van der Waals surface area (Å²) in [5.74, 6) is 0. The first-order valence-electron chi connectivity index (χ1n) is 4.70. The number of rotatable bonds is 1. The van der Waals surface area contributed by atoms with E-state index in [2.05, 4.69) is 36.7 Å². The van der Waals surface area contributed by atoms with Gasteiger partial charge in [0.25, 0.3) is 0 Å². The Morgan fingerprint density at radius 3 is 2.79 bits per heavy atom. The average Bonchev–Trinajstić information content (AvgIpc) is 2.16. The van der Waals surface area contributed by atoms with E-state index in [9.17, 15) is 0 Å². The maximum Gasteiger partial charge on any atom is 0.0731 e. The topological polar surface area (TPSA) is 12.9 Å². The van der Waals surface area contributed by atoms with Gasteiger partial charge in [0, 0.05) is 11.6 Å². The van der Waals surface area contributed by atoms with E-state index in [0.29, 0.717) is 0 Å². The minimum Gasteiger partial charge on any atom is -0.256 e. The standard InChI is InChI=1S/C13H13N/c1-9(2)13-12-8-10(3)4-5-11(12)6-7-14-13/h4-8H,1H2,2-3H3. The van der Waals surface area contributed by atoms with E-state index in [1.807, 2.05) is 19.2 Å². The predicted octanol–water partition coefficient (Wildman–Crippen LogP) is 3.58. The molecule has 0 aliphatic heterocycles. The lowest BCUT2D eigenvalue weighted by Crippen LogP contribution is -1.87. The summed E-state index contributed by atoms with van der Waals surface area (Å²) in [6, 6.07) is 8.43. The van der Waals surface area contributed by atoms with Crippen LogP contribution in [0.15, 0.2) is 37.0 Å². The number of benzene rings is 1. The second-order valence-electron chi connectivity index (χ2n) is 3.66. The fourth-order valence-corrected chi connectivity index (χ4v) is 1.62. The van der Waals surface area contributed by atoms with Crippen LogP contribution in [0.4, 0.5) is 0 Å². The highest BCUT2D eigenvalue weighted by Crippen LogP contribution is 2.22. The van der Waals surface area contributed by atoms with E-state index in [4.69, 9.17) is 0 Å². The highest BCUT2D eigenvalue weighted by atomic mass is 14.7. The summed E-state index contributed by atoms with van der Waals surface area (Å²) in [6.45, 7) is 8.02. The normalized spacial score (nSPS) is 10.4. The number of hydrogen-bond acceptors (Lipinski definition) is 1. The van der Waals surface area contributed by atoms with Crippen LogP contribution >= 0.6 is 0 Å². The van der Waals surface area contributed by atoms with E-state index in [1.54, 1.807) is 0 Å². The lowest BCUT2D eigenvalue weighted by molar-refractivity contribution is 1.30. The molecule has 0 saturated carbocycles. The fraction of sp³-hybridized carbons (Fsp3) is 0.154. The van der Waals surface area contributed by atoms with Crippen molar-refractivity contribution in [2.24, 2.45) is 0 Å². The maximum atomic E-state index is 4.35. The fourth-order valence-electron chi connectivity index (χ4n) is 1.62. The molecule has 1 heterocycles. The summed E-state index contributed by atoms with van der Waals surface area (Å²) in [4.78, 5) is 4.35. The summed E-state index contributed by atoms with van der Waals surface area (Å²) in [5.41, 5.74) is 3.28. The molecule has 70 valence electrons. The Labute approximate surface area is 84.1 Å². The van der Waals surface area contributed by atoms with Gasteiger partial charge in [0.2, 0.25) is 0 Å². The van der Waals surface area contributed by atoms with Gasteiger partial charge in [-0.15, -0.1) is 0 Å². The summed E-state index contributed by atoms with van der Waals surface area (Å²) in [5, 5.41) is 2.42. The van der Waals surface area contributed by atoms with Crippen molar-refractivity contribution < 1.29 is 0 Å². The lowest BCUT2D eigenvalue weighted by atomic mass is 10.0. The van der Waals surface area contributed by atoms with Gasteiger partial charge in [0.15, 0.2) is 0 Å². The van der Waals surface area contributed by atoms with Crippen molar-refractivity contribution in [3.63, 3.8) is 0 Å². The van der Waals surface area contributed by atoms with E-state index in [1.165, 1.54) is 16.3 Å². The summed E-state index contributed by atoms with van der Waals surface area (Å²) >= 11 is 0. The molecule has 1 nitrogen and oxygen atoms in total. The number of aromatic nitrogens is 1. The zero-order chi connectivity index (χ0) is 10.1. The van der Waals surface area contributed by atoms with Gasteiger partial charge >= 0.3 is 0 Å². The zero-order valence-corrected chi connectivity index (χ0v) is 8.54. The van der Waals surface area contributed by atoms with Gasteiger partial charge in [-0.2, -0.15) is 0 Å². The number of pyridine rings is 1. The second-order valence-corrected chi connectivity index (χ2v) is 3.66. The third kappa shape index (κ3) is 1.41. The number of allylic oxidation sites excluding steroid dienone is 1. The van der Waals surface area contributed by atoms with Gasteiger partial charge in [0.05, 0.1) is 5.69 Å². The van der Waals surface area contributed by atoms with Gasteiger partial charge < -0.3 is 0 Å². The molecule has 0 bridgehead atoms. The number of aryl methyl sites for hydroxylation is 1. The molecule has 0 unspecified atom stereocenters. The van der Waals surface area contributed by atoms with Gasteiger partial charge in [-0.3, -0.25) is 4.98 Å². The Hall–Kier alpha value is -1.63. The van der Waals surface area contributed by atoms with Crippen LogP contribution in [-0.4, -0.2) is 4.98 Å². The molecule has 0 saturated heterocycles. The van der Waals surface area contributed by atoms with Crippen LogP contribution in [-0.2, 0) is 0 Å². The Balaban J connectivity index is 2.84. The Kier molecular flexibility index (Phi) is 2.08. The van der Waals surface area contributed by atoms with Gasteiger partial charge in [-0.05, 0) is 36.9 Å². The smallest absolute Gasteiger partial charge is 0.0731 e. The van der Waals surface area contributed by atoms with Gasteiger partial charge in [-0.25, -0.2) is 0 Å². The highest BCUT2D eigenvalue weighted by molar-refractivity contribution is 5.91. The first-order valence-corrected chi connectivity index (χ1v) is 4.70. The molecule has 0 spiro atoms. The Morgan fingerprint density at radius 1 is 1.29 bits per heavy atom. The molecule has 0 N–H and O–H groups in total. The third-order valence-electron chi connectivity index (χ3n) is 2.33. The van der Waals surface area contributed by atoms with Crippen LogP contribution < -0.4 is 0 Å². The minimum atomic E-state index is 1.01. The molecule has 0 fully saturated rings. The van der Waals surface area contributed by atoms with Crippen molar-refractivity contribution in [3.05, 3.63) is 48.3 Å². The van der Waals surface area contributed by atoms with Crippen molar-refractivity contribution in [2.75, 3.05) is 0 Å². The molecular weight excluding hydrogens is 170 g/mol. The summed E-state index contributed by atoms with van der Waals surface area (Å²) in [6.07, 6.45) is 1.84. The molecule has 1 heteroatoms. The Bertz CT molecular complexity index is 498. The minimum absolute atomic E-state index is 1.01. The average molecular weight is 183 g/mol. The monoisotopic (exact) mass is 183 g/mol. The summed E-state index contributed by atoms with van der Waals surface area (Å²) in [7, 11) is 0. The van der Waals surface area contributed by atoms with Crippen LogP contribution in [0.2, 0.25) is 0 Å². The molecular formula is C13H13N. The van der Waals surface area contributed by atoms with Crippen molar-refractivity contribution in [3.8, 4) is 0 Å². The van der Waals surface area contributed by atoms with E-state index >= 15 is 0 Å². The molecule has 0 aliphatic carbocycles. The molecule has 2 rings (SSSR count). The molecule has 0 radical (unpaired) electrons. The third-order valence-corrected chi connectivity index (χ3v) is 2.33. The molecule has 1 aromatic carbocycles. The molecule has 0 atom stereocenters. The van der Waals surface area contributed by atoms with Crippen LogP contribution in [0.5, 0.6) is 0 Å². The molecule has 0 amide bonds. The van der Waals surface area contributed by atoms with E-state index in [0.717, 1.165) is 11.3 Å². The van der Waals surface area contributed by atoms with Crippen molar-refractivity contribution in [2.45, 2.75) is 13.8 Å². The highest BCUT2D eigenvalue weighted by Gasteiger charge is 2.02. The van der Waals surface area contributed by atoms with Crippen molar-refractivity contribution >= 4 is 16.3 Å². The Morgan fingerprint density at radius 2 is 2.07 bits per heavy atom. The van der Waals surface area contributed by atoms with Gasteiger partial charge in [0.1, 0.15) is 0 Å². The number of fused-ring (bicyclic) bond motifs is 1. The van der Waals surface area contributed by atoms with Crippen LogP contribution in [0.25, 0.3) is 16.3 Å². The zero-order valence-electron chi connectivity index (χ0n) is 8.54. The predicted molar refractivity (Wildman–Crippen MR) is 61.2 cm³/mol. The molecule has 2 aromatic rings. The van der Waals surface area contributed by atoms with E-state index in [-0.39, 0.29) is 0 Å². The van der Waals surface area contributed by atoms with Gasteiger partial charge in [-0.1, -0.05) is 24.3 Å². The number of nitrogens with zero attached hydrogens (tertiary/aromatic N) is 1. The first kappa shape index (κ1) is 8.95. The van der Waals surface area contributed by atoms with Crippen LogP contribution in [0, 0.1) is 6.92 Å². The molecule has 14 heavy (non-hydrogen) atoms. The van der Waals surface area contributed by atoms with E-state index < -0.39 is 0 Å². The largest absolute Gasteiger partial charge is 0.256 e. The quantitative estimate of drug-likeness (QED) is 0.658. The first-order chi connectivity index (χ1) is 6.68. The summed E-state index contributed by atoms with van der Waals surface area (Å²) < 4.78 is 0. The van der Waals surface area contributed by atoms with Crippen molar-refractivity contribution in [1.29, 1.82) is 0 Å². The van der Waals surface area contributed by atoms with Crippen LogP contribution in [0.3, 0.4) is 0 Å². The molecule has 0 aliphatic rings.